The molecule has 4 nitrogen and oxygen atoms in total. The summed E-state index contributed by atoms with van der Waals surface area (Å²) in [5, 5.41) is 12.4. The van der Waals surface area contributed by atoms with Gasteiger partial charge in [-0.05, 0) is 12.1 Å². The third-order valence-electron chi connectivity index (χ3n) is 0.812. The van der Waals surface area contributed by atoms with E-state index in [-0.39, 0.29) is 45.9 Å². The van der Waals surface area contributed by atoms with Crippen LogP contribution in [0.1, 0.15) is 0 Å². The normalized spacial score (nSPS) is 6.15. The number of H-pyrrole nitrogens is 2. The van der Waals surface area contributed by atoms with Crippen molar-refractivity contribution in [2.24, 2.45) is 0 Å². The Morgan fingerprint density at radius 3 is 1.23 bits per heavy atom. The van der Waals surface area contributed by atoms with Crippen LogP contribution < -0.4 is 24.8 Å². The van der Waals surface area contributed by atoms with E-state index in [9.17, 15) is 0 Å². The molecular formula is C6H8Cl2N4Pt. The smallest absolute Gasteiger partial charge is 1.00 e. The van der Waals surface area contributed by atoms with E-state index in [0.717, 1.165) is 0 Å². The molecule has 7 heteroatoms. The van der Waals surface area contributed by atoms with Crippen molar-refractivity contribution < 1.29 is 45.9 Å². The van der Waals surface area contributed by atoms with E-state index >= 15 is 0 Å². The molecule has 0 saturated carbocycles. The molecule has 76 valence electrons. The SMILES string of the molecule is [Cl-].[Cl-].[Pt+2].c1cn[nH]c1.c1cn[nH]c1. The molecule has 2 heterocycles. The first-order valence-electron chi connectivity index (χ1n) is 2.87. The summed E-state index contributed by atoms with van der Waals surface area (Å²) < 4.78 is 0. The second-order valence-electron chi connectivity index (χ2n) is 1.53. The van der Waals surface area contributed by atoms with Gasteiger partial charge in [-0.25, -0.2) is 0 Å². The molecule has 0 atom stereocenters. The summed E-state index contributed by atoms with van der Waals surface area (Å²) in [5.74, 6) is 0. The zero-order valence-corrected chi connectivity index (χ0v) is 10.2. The number of aromatic amines is 2. The first kappa shape index (κ1) is 18.5. The Labute approximate surface area is 103 Å². The van der Waals surface area contributed by atoms with Crippen LogP contribution in [0.5, 0.6) is 0 Å². The van der Waals surface area contributed by atoms with E-state index in [1.807, 2.05) is 12.1 Å². The van der Waals surface area contributed by atoms with Crippen molar-refractivity contribution >= 4 is 0 Å². The largest absolute Gasteiger partial charge is 2.00 e. The van der Waals surface area contributed by atoms with Gasteiger partial charge in [0.1, 0.15) is 0 Å². The molecule has 2 N–H and O–H groups in total. The molecule has 0 aliphatic carbocycles. The van der Waals surface area contributed by atoms with Crippen molar-refractivity contribution in [3.05, 3.63) is 36.9 Å². The average molecular weight is 402 g/mol. The van der Waals surface area contributed by atoms with Gasteiger partial charge in [-0.3, -0.25) is 10.2 Å². The molecule has 0 bridgehead atoms. The summed E-state index contributed by atoms with van der Waals surface area (Å²) >= 11 is 0. The van der Waals surface area contributed by atoms with Crippen molar-refractivity contribution in [2.75, 3.05) is 0 Å². The number of nitrogens with one attached hydrogen (secondary N) is 2. The van der Waals surface area contributed by atoms with Gasteiger partial charge in [0, 0.05) is 24.8 Å². The maximum atomic E-state index is 3.60. The molecule has 0 amide bonds. The van der Waals surface area contributed by atoms with Crippen LogP contribution in [-0.4, -0.2) is 20.4 Å². The van der Waals surface area contributed by atoms with Gasteiger partial charge < -0.3 is 24.8 Å². The second-order valence-corrected chi connectivity index (χ2v) is 1.53. The van der Waals surface area contributed by atoms with Crippen LogP contribution in [0.3, 0.4) is 0 Å². The van der Waals surface area contributed by atoms with Crippen molar-refractivity contribution in [3.63, 3.8) is 0 Å². The average Bonchev–Trinajstić information content (AvgIpc) is 2.67. The third kappa shape index (κ3) is 11.7. The summed E-state index contributed by atoms with van der Waals surface area (Å²) in [7, 11) is 0. The van der Waals surface area contributed by atoms with Gasteiger partial charge in [0.2, 0.25) is 0 Å². The van der Waals surface area contributed by atoms with Crippen molar-refractivity contribution in [1.82, 2.24) is 20.4 Å². The molecule has 2 aromatic heterocycles. The first-order chi connectivity index (χ1) is 5.00. The van der Waals surface area contributed by atoms with Gasteiger partial charge in [-0.2, -0.15) is 10.2 Å². The number of hydrogen-bond acceptors (Lipinski definition) is 2. The Kier molecular flexibility index (Phi) is 20.2. The zero-order valence-electron chi connectivity index (χ0n) is 6.43. The fourth-order valence-electron chi connectivity index (χ4n) is 0.430. The number of halogens is 2. The topological polar surface area (TPSA) is 57.4 Å². The number of rotatable bonds is 0. The molecule has 2 aromatic rings. The summed E-state index contributed by atoms with van der Waals surface area (Å²) in [5.41, 5.74) is 0. The Morgan fingerprint density at radius 2 is 1.15 bits per heavy atom. The predicted octanol–water partition coefficient (Wildman–Crippen LogP) is -5.18. The van der Waals surface area contributed by atoms with Crippen LogP contribution in [0.2, 0.25) is 0 Å². The van der Waals surface area contributed by atoms with Crippen molar-refractivity contribution in [3.8, 4) is 0 Å². The molecule has 0 radical (unpaired) electrons. The van der Waals surface area contributed by atoms with E-state index in [1.54, 1.807) is 24.8 Å². The van der Waals surface area contributed by atoms with Crippen molar-refractivity contribution in [1.29, 1.82) is 0 Å². The monoisotopic (exact) mass is 401 g/mol. The van der Waals surface area contributed by atoms with E-state index in [0.29, 0.717) is 0 Å². The minimum Gasteiger partial charge on any atom is -1.00 e. The van der Waals surface area contributed by atoms with Crippen LogP contribution in [-0.2, 0) is 21.1 Å². The van der Waals surface area contributed by atoms with E-state index in [2.05, 4.69) is 20.4 Å². The van der Waals surface area contributed by atoms with Gasteiger partial charge in [-0.1, -0.05) is 0 Å². The maximum Gasteiger partial charge on any atom is 2.00 e. The zero-order chi connectivity index (χ0) is 7.07. The van der Waals surface area contributed by atoms with Crippen LogP contribution in [0.4, 0.5) is 0 Å². The molecule has 0 aliphatic heterocycles. The van der Waals surface area contributed by atoms with E-state index in [1.165, 1.54) is 0 Å². The molecule has 0 fully saturated rings. The quantitative estimate of drug-likeness (QED) is 0.463. The molecular weight excluding hydrogens is 394 g/mol. The van der Waals surface area contributed by atoms with Gasteiger partial charge in [0.15, 0.2) is 0 Å². The van der Waals surface area contributed by atoms with Gasteiger partial charge in [0.25, 0.3) is 0 Å². The number of hydrogen-bond donors (Lipinski definition) is 2. The number of aromatic nitrogens is 4. The molecule has 2 rings (SSSR count). The van der Waals surface area contributed by atoms with Crippen molar-refractivity contribution in [2.45, 2.75) is 0 Å². The first-order valence-corrected chi connectivity index (χ1v) is 2.87. The third-order valence-corrected chi connectivity index (χ3v) is 0.812. The Bertz CT molecular complexity index is 162. The van der Waals surface area contributed by atoms with Crippen LogP contribution in [0.15, 0.2) is 36.9 Å². The maximum absolute atomic E-state index is 3.60. The van der Waals surface area contributed by atoms with E-state index < -0.39 is 0 Å². The van der Waals surface area contributed by atoms with Gasteiger partial charge in [0.05, 0.1) is 0 Å². The minimum atomic E-state index is 0. The molecule has 0 saturated heterocycles. The van der Waals surface area contributed by atoms with Gasteiger partial charge in [-0.15, -0.1) is 0 Å². The second kappa shape index (κ2) is 14.2. The molecule has 0 aliphatic rings. The Hall–Kier alpha value is -0.312. The van der Waals surface area contributed by atoms with Crippen LogP contribution >= 0.6 is 0 Å². The predicted molar refractivity (Wildman–Crippen MR) is 37.2 cm³/mol. The van der Waals surface area contributed by atoms with Crippen LogP contribution in [0.25, 0.3) is 0 Å². The van der Waals surface area contributed by atoms with Gasteiger partial charge >= 0.3 is 21.1 Å². The number of nitrogens with zero attached hydrogens (tertiary/aromatic N) is 2. The molecule has 13 heavy (non-hydrogen) atoms. The fourth-order valence-corrected chi connectivity index (χ4v) is 0.430. The van der Waals surface area contributed by atoms with E-state index in [4.69, 9.17) is 0 Å². The fraction of sp³-hybridized carbons (Fsp3) is 0. The Morgan fingerprint density at radius 1 is 0.769 bits per heavy atom. The molecule has 0 spiro atoms. The standard InChI is InChI=1S/2C3H4N2.2ClH.Pt/c2*1-2-4-5-3-1;;;/h2*1-3H,(H,4,5);2*1H;/q;;;;+2/p-2. The Balaban J connectivity index is -0.000000125. The molecule has 0 unspecified atom stereocenters. The molecule has 0 aromatic carbocycles. The minimum absolute atomic E-state index is 0. The summed E-state index contributed by atoms with van der Waals surface area (Å²) in [6, 6.07) is 3.67. The summed E-state index contributed by atoms with van der Waals surface area (Å²) in [4.78, 5) is 0. The summed E-state index contributed by atoms with van der Waals surface area (Å²) in [6.07, 6.45) is 6.92. The summed E-state index contributed by atoms with van der Waals surface area (Å²) in [6.45, 7) is 0. The van der Waals surface area contributed by atoms with Crippen LogP contribution in [0, 0.1) is 0 Å².